The summed E-state index contributed by atoms with van der Waals surface area (Å²) in [5.74, 6) is 1.24. The smallest absolute Gasteiger partial charge is 0.263 e. The van der Waals surface area contributed by atoms with Gasteiger partial charge in [0.2, 0.25) is 11.3 Å². The summed E-state index contributed by atoms with van der Waals surface area (Å²) in [4.78, 5) is 17.6. The zero-order valence-corrected chi connectivity index (χ0v) is 16.1. The number of methoxy groups -OCH3 is 1. The van der Waals surface area contributed by atoms with Crippen LogP contribution in [0.3, 0.4) is 0 Å². The molecule has 2 aromatic carbocycles. The van der Waals surface area contributed by atoms with Gasteiger partial charge in [-0.1, -0.05) is 35.8 Å². The Labute approximate surface area is 162 Å². The number of rotatable bonds is 5. The van der Waals surface area contributed by atoms with Gasteiger partial charge >= 0.3 is 0 Å². The molecule has 0 spiro atoms. The van der Waals surface area contributed by atoms with E-state index in [4.69, 9.17) is 9.26 Å². The molecule has 6 heteroatoms. The molecule has 0 unspecified atom stereocenters. The number of nitrogens with zero attached hydrogens (tertiary/aromatic N) is 3. The van der Waals surface area contributed by atoms with Gasteiger partial charge < -0.3 is 13.8 Å². The molecule has 0 amide bonds. The molecule has 4 rings (SSSR count). The minimum Gasteiger partial charge on any atom is -0.496 e. The molecule has 0 saturated carbocycles. The number of pyridine rings is 1. The van der Waals surface area contributed by atoms with Gasteiger partial charge in [0.1, 0.15) is 11.3 Å². The van der Waals surface area contributed by atoms with E-state index >= 15 is 0 Å². The molecule has 0 fully saturated rings. The van der Waals surface area contributed by atoms with Crippen LogP contribution in [0.1, 0.15) is 18.9 Å². The number of para-hydroxylation sites is 1. The highest BCUT2D eigenvalue weighted by molar-refractivity contribution is 5.83. The number of hydrogen-bond acceptors (Lipinski definition) is 5. The molecule has 0 radical (unpaired) electrons. The summed E-state index contributed by atoms with van der Waals surface area (Å²) in [6, 6.07) is 13.3. The van der Waals surface area contributed by atoms with E-state index in [1.165, 1.54) is 0 Å². The summed E-state index contributed by atoms with van der Waals surface area (Å²) in [6.45, 7) is 4.87. The van der Waals surface area contributed by atoms with Crippen molar-refractivity contribution >= 4 is 10.9 Å². The molecule has 0 N–H and O–H groups in total. The maximum Gasteiger partial charge on any atom is 0.263 e. The highest BCUT2D eigenvalue weighted by atomic mass is 16.5. The van der Waals surface area contributed by atoms with Crippen molar-refractivity contribution in [1.29, 1.82) is 0 Å². The van der Waals surface area contributed by atoms with Gasteiger partial charge in [-0.05, 0) is 37.6 Å². The second kappa shape index (κ2) is 7.31. The number of ether oxygens (including phenoxy) is 1. The first kappa shape index (κ1) is 18.0. The van der Waals surface area contributed by atoms with E-state index in [0.717, 1.165) is 24.0 Å². The molecule has 142 valence electrons. The largest absolute Gasteiger partial charge is 0.496 e. The Balaban J connectivity index is 1.89. The van der Waals surface area contributed by atoms with Crippen LogP contribution in [0.15, 0.2) is 58.0 Å². The van der Waals surface area contributed by atoms with Crippen LogP contribution >= 0.6 is 0 Å². The van der Waals surface area contributed by atoms with Crippen LogP contribution in [0.4, 0.5) is 0 Å². The third kappa shape index (κ3) is 3.07. The summed E-state index contributed by atoms with van der Waals surface area (Å²) in [5, 5.41) is 4.73. The normalized spacial score (nSPS) is 11.1. The van der Waals surface area contributed by atoms with E-state index in [9.17, 15) is 4.79 Å². The van der Waals surface area contributed by atoms with Gasteiger partial charge in [0.15, 0.2) is 0 Å². The minimum atomic E-state index is -0.110. The Morgan fingerprint density at radius 3 is 2.75 bits per heavy atom. The SMILES string of the molecule is CCCn1cc(-c2nc(-c3ccccc3OC)no2)c(=O)c2cc(C)ccc21. The van der Waals surface area contributed by atoms with E-state index in [-0.39, 0.29) is 11.3 Å². The number of fused-ring (bicyclic) bond motifs is 1. The van der Waals surface area contributed by atoms with Crippen LogP contribution in [-0.4, -0.2) is 21.8 Å². The van der Waals surface area contributed by atoms with Crippen molar-refractivity contribution < 1.29 is 9.26 Å². The summed E-state index contributed by atoms with van der Waals surface area (Å²) in [5.41, 5.74) is 2.95. The first-order valence-electron chi connectivity index (χ1n) is 9.23. The third-order valence-electron chi connectivity index (χ3n) is 4.70. The molecule has 2 heterocycles. The van der Waals surface area contributed by atoms with Crippen LogP contribution in [0.25, 0.3) is 33.7 Å². The van der Waals surface area contributed by atoms with Crippen molar-refractivity contribution in [3.05, 3.63) is 64.4 Å². The average Bonchev–Trinajstić information content (AvgIpc) is 3.20. The molecular formula is C22H21N3O3. The van der Waals surface area contributed by atoms with Crippen molar-refractivity contribution in [2.24, 2.45) is 0 Å². The van der Waals surface area contributed by atoms with E-state index in [0.29, 0.717) is 28.1 Å². The lowest BCUT2D eigenvalue weighted by Gasteiger charge is -2.11. The number of aryl methyl sites for hydroxylation is 2. The standard InChI is InChI=1S/C22H21N3O3/c1-4-11-25-13-17(20(26)16-12-14(2)9-10-18(16)25)22-23-21(24-28-22)15-7-5-6-8-19(15)27-3/h5-10,12-13H,4,11H2,1-3H3. The molecule has 0 atom stereocenters. The summed E-state index contributed by atoms with van der Waals surface area (Å²) in [7, 11) is 1.59. The fourth-order valence-corrected chi connectivity index (χ4v) is 3.36. The van der Waals surface area contributed by atoms with E-state index in [2.05, 4.69) is 21.6 Å². The van der Waals surface area contributed by atoms with Gasteiger partial charge in [0.25, 0.3) is 5.89 Å². The van der Waals surface area contributed by atoms with Crippen LogP contribution in [0.2, 0.25) is 0 Å². The fourth-order valence-electron chi connectivity index (χ4n) is 3.36. The van der Waals surface area contributed by atoms with Gasteiger partial charge in [-0.3, -0.25) is 4.79 Å². The molecule has 0 aliphatic carbocycles. The van der Waals surface area contributed by atoms with Crippen LogP contribution in [0, 0.1) is 6.92 Å². The Morgan fingerprint density at radius 1 is 1.14 bits per heavy atom. The summed E-state index contributed by atoms with van der Waals surface area (Å²) in [6.07, 6.45) is 2.75. The minimum absolute atomic E-state index is 0.110. The topological polar surface area (TPSA) is 70.2 Å². The average molecular weight is 375 g/mol. The van der Waals surface area contributed by atoms with Gasteiger partial charge in [-0.25, -0.2) is 0 Å². The molecule has 28 heavy (non-hydrogen) atoms. The molecule has 2 aromatic heterocycles. The van der Waals surface area contributed by atoms with Crippen molar-refractivity contribution in [2.75, 3.05) is 7.11 Å². The summed E-state index contributed by atoms with van der Waals surface area (Å²) >= 11 is 0. The van der Waals surface area contributed by atoms with Crippen molar-refractivity contribution in [2.45, 2.75) is 26.8 Å². The number of hydrogen-bond donors (Lipinski definition) is 0. The predicted octanol–water partition coefficient (Wildman–Crippen LogP) is 4.45. The molecule has 0 aliphatic rings. The van der Waals surface area contributed by atoms with E-state index in [1.54, 1.807) is 7.11 Å². The van der Waals surface area contributed by atoms with Crippen molar-refractivity contribution in [3.63, 3.8) is 0 Å². The highest BCUT2D eigenvalue weighted by Crippen LogP contribution is 2.29. The lowest BCUT2D eigenvalue weighted by molar-refractivity contribution is 0.413. The number of benzene rings is 2. The van der Waals surface area contributed by atoms with Gasteiger partial charge in [-0.15, -0.1) is 0 Å². The fraction of sp³-hybridized carbons (Fsp3) is 0.227. The highest BCUT2D eigenvalue weighted by Gasteiger charge is 2.18. The lowest BCUT2D eigenvalue weighted by Crippen LogP contribution is -2.12. The first-order chi connectivity index (χ1) is 13.6. The molecule has 0 aliphatic heterocycles. The maximum atomic E-state index is 13.1. The Morgan fingerprint density at radius 2 is 1.96 bits per heavy atom. The lowest BCUT2D eigenvalue weighted by atomic mass is 10.1. The van der Waals surface area contributed by atoms with Gasteiger partial charge in [0, 0.05) is 18.1 Å². The third-order valence-corrected chi connectivity index (χ3v) is 4.70. The molecule has 6 nitrogen and oxygen atoms in total. The molecule has 4 aromatic rings. The Kier molecular flexibility index (Phi) is 4.69. The monoisotopic (exact) mass is 375 g/mol. The maximum absolute atomic E-state index is 13.1. The Bertz CT molecular complexity index is 1210. The second-order valence-corrected chi connectivity index (χ2v) is 6.71. The molecular weight excluding hydrogens is 354 g/mol. The zero-order valence-electron chi connectivity index (χ0n) is 16.1. The van der Waals surface area contributed by atoms with Crippen molar-refractivity contribution in [3.8, 4) is 28.6 Å². The van der Waals surface area contributed by atoms with Crippen molar-refractivity contribution in [1.82, 2.24) is 14.7 Å². The zero-order chi connectivity index (χ0) is 19.7. The van der Waals surface area contributed by atoms with Crippen LogP contribution < -0.4 is 10.2 Å². The van der Waals surface area contributed by atoms with Gasteiger partial charge in [0.05, 0.1) is 18.2 Å². The van der Waals surface area contributed by atoms with E-state index in [1.807, 2.05) is 55.6 Å². The second-order valence-electron chi connectivity index (χ2n) is 6.71. The first-order valence-corrected chi connectivity index (χ1v) is 9.23. The molecule has 0 bridgehead atoms. The van der Waals surface area contributed by atoms with Crippen LogP contribution in [0.5, 0.6) is 5.75 Å². The Hall–Kier alpha value is -3.41. The van der Waals surface area contributed by atoms with Crippen LogP contribution in [-0.2, 0) is 6.54 Å². The quantitative estimate of drug-likeness (QED) is 0.515. The van der Waals surface area contributed by atoms with E-state index < -0.39 is 0 Å². The predicted molar refractivity (Wildman–Crippen MR) is 109 cm³/mol. The summed E-state index contributed by atoms with van der Waals surface area (Å²) < 4.78 is 12.9. The molecule has 0 saturated heterocycles. The number of aromatic nitrogens is 3. The van der Waals surface area contributed by atoms with Gasteiger partial charge in [-0.2, -0.15) is 4.98 Å².